The fourth-order valence-corrected chi connectivity index (χ4v) is 2.21. The Balaban J connectivity index is 2.19. The number of hydrogen-bond acceptors (Lipinski definition) is 4. The lowest BCUT2D eigenvalue weighted by Crippen LogP contribution is -2.30. The van der Waals surface area contributed by atoms with Crippen LogP contribution in [0, 0.1) is 0 Å². The Bertz CT molecular complexity index is 452. The standard InChI is InChI=1S/C14H20N2O3/c1-9(2)15-11-6-4-3-5-10(11)14(19)16-7-12(17)13(18)8-16/h3-6,9,12-13,15,17-18H,7-8H2,1-2H3. The molecule has 1 saturated heterocycles. The van der Waals surface area contributed by atoms with Crippen LogP contribution in [-0.2, 0) is 0 Å². The Hall–Kier alpha value is -1.59. The second kappa shape index (κ2) is 5.59. The number of β-amino-alcohol motifs (C(OH)–C–C–N with tert-alkyl or cyclic N) is 2. The molecule has 0 aliphatic carbocycles. The molecule has 5 heteroatoms. The van der Waals surface area contributed by atoms with Gasteiger partial charge in [0.2, 0.25) is 0 Å². The molecular formula is C14H20N2O3. The van der Waals surface area contributed by atoms with Crippen molar-refractivity contribution in [1.82, 2.24) is 4.90 Å². The van der Waals surface area contributed by atoms with E-state index >= 15 is 0 Å². The molecule has 2 atom stereocenters. The zero-order valence-corrected chi connectivity index (χ0v) is 11.2. The first kappa shape index (κ1) is 13.8. The summed E-state index contributed by atoms with van der Waals surface area (Å²) < 4.78 is 0. The van der Waals surface area contributed by atoms with Crippen molar-refractivity contribution in [2.24, 2.45) is 0 Å². The average molecular weight is 264 g/mol. The van der Waals surface area contributed by atoms with Gasteiger partial charge in [0.25, 0.3) is 5.91 Å². The number of nitrogens with one attached hydrogen (secondary N) is 1. The molecular weight excluding hydrogens is 244 g/mol. The molecule has 3 N–H and O–H groups in total. The highest BCUT2D eigenvalue weighted by molar-refractivity contribution is 5.99. The van der Waals surface area contributed by atoms with Gasteiger partial charge >= 0.3 is 0 Å². The Morgan fingerprint density at radius 2 is 1.84 bits per heavy atom. The van der Waals surface area contributed by atoms with Crippen LogP contribution in [0.5, 0.6) is 0 Å². The Morgan fingerprint density at radius 3 is 2.42 bits per heavy atom. The molecule has 1 aromatic carbocycles. The summed E-state index contributed by atoms with van der Waals surface area (Å²) >= 11 is 0. The van der Waals surface area contributed by atoms with Gasteiger partial charge in [0.1, 0.15) is 0 Å². The van der Waals surface area contributed by atoms with Crippen LogP contribution in [0.25, 0.3) is 0 Å². The lowest BCUT2D eigenvalue weighted by atomic mass is 10.1. The van der Waals surface area contributed by atoms with Gasteiger partial charge in [0.15, 0.2) is 0 Å². The van der Waals surface area contributed by atoms with E-state index in [-0.39, 0.29) is 25.0 Å². The predicted octanol–water partition coefficient (Wildman–Crippen LogP) is 0.684. The summed E-state index contributed by atoms with van der Waals surface area (Å²) in [5, 5.41) is 22.3. The highest BCUT2D eigenvalue weighted by Crippen LogP contribution is 2.21. The molecule has 0 bridgehead atoms. The minimum absolute atomic E-state index is 0.167. The number of hydrogen-bond donors (Lipinski definition) is 3. The summed E-state index contributed by atoms with van der Waals surface area (Å²) in [6.45, 7) is 4.36. The van der Waals surface area contributed by atoms with Gasteiger partial charge in [-0.2, -0.15) is 0 Å². The SMILES string of the molecule is CC(C)Nc1ccccc1C(=O)N1CC(O)C(O)C1. The van der Waals surface area contributed by atoms with Crippen molar-refractivity contribution in [3.05, 3.63) is 29.8 Å². The first-order chi connectivity index (χ1) is 8.99. The average Bonchev–Trinajstić information content (AvgIpc) is 2.69. The maximum atomic E-state index is 12.4. The zero-order chi connectivity index (χ0) is 14.0. The normalized spacial score (nSPS) is 22.9. The number of para-hydroxylation sites is 1. The number of benzene rings is 1. The second-order valence-electron chi connectivity index (χ2n) is 5.19. The van der Waals surface area contributed by atoms with Crippen molar-refractivity contribution in [3.8, 4) is 0 Å². The van der Waals surface area contributed by atoms with Crippen LogP contribution in [-0.4, -0.2) is 52.4 Å². The quantitative estimate of drug-likeness (QED) is 0.751. The van der Waals surface area contributed by atoms with E-state index < -0.39 is 12.2 Å². The number of carbonyl (C=O) groups excluding carboxylic acids is 1. The van der Waals surface area contributed by atoms with Crippen molar-refractivity contribution >= 4 is 11.6 Å². The van der Waals surface area contributed by atoms with Gasteiger partial charge in [-0.05, 0) is 26.0 Å². The summed E-state index contributed by atoms with van der Waals surface area (Å²) in [5.74, 6) is -0.167. The molecule has 1 aromatic rings. The van der Waals surface area contributed by atoms with E-state index in [2.05, 4.69) is 5.32 Å². The Kier molecular flexibility index (Phi) is 4.07. The maximum Gasteiger partial charge on any atom is 0.256 e. The first-order valence-electron chi connectivity index (χ1n) is 6.50. The molecule has 1 aliphatic rings. The van der Waals surface area contributed by atoms with E-state index in [0.717, 1.165) is 5.69 Å². The number of carbonyl (C=O) groups is 1. The largest absolute Gasteiger partial charge is 0.388 e. The van der Waals surface area contributed by atoms with E-state index in [4.69, 9.17) is 0 Å². The van der Waals surface area contributed by atoms with Gasteiger partial charge in [-0.15, -0.1) is 0 Å². The monoisotopic (exact) mass is 264 g/mol. The highest BCUT2D eigenvalue weighted by Gasteiger charge is 2.33. The molecule has 104 valence electrons. The first-order valence-corrected chi connectivity index (χ1v) is 6.50. The van der Waals surface area contributed by atoms with Gasteiger partial charge in [0, 0.05) is 24.8 Å². The molecule has 0 spiro atoms. The van der Waals surface area contributed by atoms with Crippen molar-refractivity contribution in [1.29, 1.82) is 0 Å². The topological polar surface area (TPSA) is 72.8 Å². The van der Waals surface area contributed by atoms with E-state index in [1.54, 1.807) is 6.07 Å². The summed E-state index contributed by atoms with van der Waals surface area (Å²) in [4.78, 5) is 13.9. The number of amides is 1. The molecule has 5 nitrogen and oxygen atoms in total. The fourth-order valence-electron chi connectivity index (χ4n) is 2.21. The molecule has 0 saturated carbocycles. The minimum atomic E-state index is -0.853. The summed E-state index contributed by atoms with van der Waals surface area (Å²) in [6, 6.07) is 7.51. The van der Waals surface area contributed by atoms with Gasteiger partial charge in [-0.3, -0.25) is 4.79 Å². The van der Waals surface area contributed by atoms with Crippen LogP contribution in [0.3, 0.4) is 0 Å². The van der Waals surface area contributed by atoms with E-state index in [1.807, 2.05) is 32.0 Å². The molecule has 1 amide bonds. The third kappa shape index (κ3) is 3.05. The molecule has 1 aliphatic heterocycles. The van der Waals surface area contributed by atoms with Crippen LogP contribution in [0.15, 0.2) is 24.3 Å². The fraction of sp³-hybridized carbons (Fsp3) is 0.500. The Labute approximate surface area is 112 Å². The molecule has 2 unspecified atom stereocenters. The zero-order valence-electron chi connectivity index (χ0n) is 11.2. The van der Waals surface area contributed by atoms with Crippen LogP contribution < -0.4 is 5.32 Å². The number of aliphatic hydroxyl groups is 2. The van der Waals surface area contributed by atoms with Crippen molar-refractivity contribution < 1.29 is 15.0 Å². The molecule has 0 radical (unpaired) electrons. The van der Waals surface area contributed by atoms with Gasteiger partial charge in [-0.25, -0.2) is 0 Å². The molecule has 2 rings (SSSR count). The minimum Gasteiger partial charge on any atom is -0.388 e. The molecule has 0 aromatic heterocycles. The van der Waals surface area contributed by atoms with E-state index in [0.29, 0.717) is 5.56 Å². The number of rotatable bonds is 3. The lowest BCUT2D eigenvalue weighted by Gasteiger charge is -2.19. The lowest BCUT2D eigenvalue weighted by molar-refractivity contribution is 0.0572. The van der Waals surface area contributed by atoms with E-state index in [1.165, 1.54) is 4.90 Å². The number of nitrogens with zero attached hydrogens (tertiary/aromatic N) is 1. The van der Waals surface area contributed by atoms with Crippen molar-refractivity contribution in [2.75, 3.05) is 18.4 Å². The van der Waals surface area contributed by atoms with Gasteiger partial charge in [0.05, 0.1) is 17.8 Å². The van der Waals surface area contributed by atoms with Gasteiger partial charge < -0.3 is 20.4 Å². The molecule has 19 heavy (non-hydrogen) atoms. The maximum absolute atomic E-state index is 12.4. The van der Waals surface area contributed by atoms with Crippen LogP contribution in [0.1, 0.15) is 24.2 Å². The smallest absolute Gasteiger partial charge is 0.256 e. The third-order valence-corrected chi connectivity index (χ3v) is 3.15. The summed E-state index contributed by atoms with van der Waals surface area (Å²) in [5.41, 5.74) is 1.34. The highest BCUT2D eigenvalue weighted by atomic mass is 16.3. The van der Waals surface area contributed by atoms with Crippen molar-refractivity contribution in [2.45, 2.75) is 32.1 Å². The van der Waals surface area contributed by atoms with Crippen LogP contribution in [0.4, 0.5) is 5.69 Å². The number of anilines is 1. The Morgan fingerprint density at radius 1 is 1.26 bits per heavy atom. The molecule has 1 fully saturated rings. The van der Waals surface area contributed by atoms with E-state index in [9.17, 15) is 15.0 Å². The second-order valence-corrected chi connectivity index (χ2v) is 5.19. The summed E-state index contributed by atoms with van der Waals surface area (Å²) in [7, 11) is 0. The molecule has 1 heterocycles. The number of aliphatic hydroxyl groups excluding tert-OH is 2. The van der Waals surface area contributed by atoms with Crippen molar-refractivity contribution in [3.63, 3.8) is 0 Å². The summed E-state index contributed by atoms with van der Waals surface area (Å²) in [6.07, 6.45) is -1.71. The van der Waals surface area contributed by atoms with Gasteiger partial charge in [-0.1, -0.05) is 12.1 Å². The van der Waals surface area contributed by atoms with Crippen LogP contribution >= 0.6 is 0 Å². The predicted molar refractivity (Wildman–Crippen MR) is 73.1 cm³/mol. The van der Waals surface area contributed by atoms with Crippen LogP contribution in [0.2, 0.25) is 0 Å². The number of likely N-dealkylation sites (tertiary alicyclic amines) is 1. The third-order valence-electron chi connectivity index (χ3n) is 3.15.